The third kappa shape index (κ3) is 35.4. The topological polar surface area (TPSA) is 26.3 Å². The van der Waals surface area contributed by atoms with E-state index in [9.17, 15) is 4.79 Å². The fraction of sp³-hybridized carbons (Fsp3) is 0.925. The first-order valence-electron chi connectivity index (χ1n) is 19.5. The van der Waals surface area contributed by atoms with Gasteiger partial charge >= 0.3 is 5.97 Å². The van der Waals surface area contributed by atoms with E-state index in [-0.39, 0.29) is 5.97 Å². The van der Waals surface area contributed by atoms with E-state index >= 15 is 0 Å². The van der Waals surface area contributed by atoms with Gasteiger partial charge in [-0.1, -0.05) is 200 Å². The van der Waals surface area contributed by atoms with Crippen molar-refractivity contribution in [3.63, 3.8) is 0 Å². The quantitative estimate of drug-likeness (QED) is 0.0417. The molecule has 1 atom stereocenters. The van der Waals surface area contributed by atoms with E-state index in [0.29, 0.717) is 13.0 Å². The van der Waals surface area contributed by atoms with Crippen LogP contribution in [0.5, 0.6) is 0 Å². The lowest BCUT2D eigenvalue weighted by Crippen LogP contribution is -2.05. The van der Waals surface area contributed by atoms with Crippen molar-refractivity contribution in [3.05, 3.63) is 12.2 Å². The van der Waals surface area contributed by atoms with Crippen LogP contribution in [0.25, 0.3) is 0 Å². The van der Waals surface area contributed by atoms with Gasteiger partial charge in [-0.3, -0.25) is 4.79 Å². The first-order valence-corrected chi connectivity index (χ1v) is 19.5. The first-order chi connectivity index (χ1) is 20.7. The Labute approximate surface area is 266 Å². The van der Waals surface area contributed by atoms with E-state index in [2.05, 4.69) is 32.9 Å². The molecule has 1 unspecified atom stereocenters. The molecule has 0 aromatic carbocycles. The van der Waals surface area contributed by atoms with Crippen molar-refractivity contribution in [1.82, 2.24) is 0 Å². The van der Waals surface area contributed by atoms with Crippen LogP contribution in [0.4, 0.5) is 0 Å². The summed E-state index contributed by atoms with van der Waals surface area (Å²) in [5.41, 5.74) is 0. The van der Waals surface area contributed by atoms with Crippen LogP contribution in [0.15, 0.2) is 12.2 Å². The molecule has 0 fully saturated rings. The van der Waals surface area contributed by atoms with Gasteiger partial charge in [-0.15, -0.1) is 0 Å². The Bertz CT molecular complexity index is 540. The van der Waals surface area contributed by atoms with Crippen LogP contribution < -0.4 is 0 Å². The van der Waals surface area contributed by atoms with Crippen LogP contribution in [-0.2, 0) is 9.53 Å². The molecular weight excluding hydrogens is 512 g/mol. The van der Waals surface area contributed by atoms with Crippen molar-refractivity contribution in [2.45, 2.75) is 226 Å². The lowest BCUT2D eigenvalue weighted by Gasteiger charge is -2.08. The van der Waals surface area contributed by atoms with E-state index in [0.717, 1.165) is 18.8 Å². The number of unbranched alkanes of at least 4 members (excludes halogenated alkanes) is 26. The maximum Gasteiger partial charge on any atom is 0.305 e. The average Bonchev–Trinajstić information content (AvgIpc) is 2.99. The largest absolute Gasteiger partial charge is 0.466 e. The summed E-state index contributed by atoms with van der Waals surface area (Å²) in [6, 6.07) is 0. The minimum atomic E-state index is 0.0245. The van der Waals surface area contributed by atoms with Crippen LogP contribution in [0.1, 0.15) is 226 Å². The fourth-order valence-corrected chi connectivity index (χ4v) is 5.98. The first kappa shape index (κ1) is 41.2. The molecule has 0 radical (unpaired) electrons. The standard InChI is InChI=1S/C40H78O2/c1-4-6-8-10-12-14-15-16-17-22-26-30-34-38-42-40(41)37-33-29-25-21-18-20-24-28-32-36-39(3)35-31-27-23-19-13-11-9-7-5-2/h27,31,39H,4-26,28-30,32-38H2,1-3H3. The molecule has 0 amide bonds. The van der Waals surface area contributed by atoms with Crippen LogP contribution in [0, 0.1) is 5.92 Å². The van der Waals surface area contributed by atoms with Crippen molar-refractivity contribution in [3.8, 4) is 0 Å². The molecule has 0 saturated heterocycles. The number of ether oxygens (including phenoxy) is 1. The number of rotatable bonds is 35. The second kappa shape index (κ2) is 36.4. The number of hydrogen-bond donors (Lipinski definition) is 0. The van der Waals surface area contributed by atoms with E-state index < -0.39 is 0 Å². The molecular formula is C40H78O2. The predicted octanol–water partition coefficient (Wildman–Crippen LogP) is 14.2. The summed E-state index contributed by atoms with van der Waals surface area (Å²) < 4.78 is 5.45. The molecule has 42 heavy (non-hydrogen) atoms. The Balaban J connectivity index is 3.26. The molecule has 0 aliphatic carbocycles. The van der Waals surface area contributed by atoms with Crippen molar-refractivity contribution in [1.29, 1.82) is 0 Å². The highest BCUT2D eigenvalue weighted by atomic mass is 16.5. The number of esters is 1. The van der Waals surface area contributed by atoms with Crippen molar-refractivity contribution in [2.24, 2.45) is 5.92 Å². The van der Waals surface area contributed by atoms with Gasteiger partial charge in [-0.2, -0.15) is 0 Å². The third-order valence-electron chi connectivity index (χ3n) is 9.02. The molecule has 2 heteroatoms. The van der Waals surface area contributed by atoms with Crippen LogP contribution in [0.2, 0.25) is 0 Å². The molecule has 0 aromatic rings. The van der Waals surface area contributed by atoms with Gasteiger partial charge in [0.25, 0.3) is 0 Å². The summed E-state index contributed by atoms with van der Waals surface area (Å²) in [6.45, 7) is 7.63. The van der Waals surface area contributed by atoms with Gasteiger partial charge in [-0.25, -0.2) is 0 Å². The van der Waals surface area contributed by atoms with Crippen LogP contribution in [0.3, 0.4) is 0 Å². The predicted molar refractivity (Wildman–Crippen MR) is 188 cm³/mol. The summed E-state index contributed by atoms with van der Waals surface area (Å²) in [6.07, 6.45) is 47.1. The number of allylic oxidation sites excluding steroid dienone is 2. The van der Waals surface area contributed by atoms with Gasteiger partial charge in [0.05, 0.1) is 6.61 Å². The van der Waals surface area contributed by atoms with Gasteiger partial charge < -0.3 is 4.74 Å². The Hall–Kier alpha value is -0.790. The second-order valence-corrected chi connectivity index (χ2v) is 13.6. The fourth-order valence-electron chi connectivity index (χ4n) is 5.98. The molecule has 250 valence electrons. The third-order valence-corrected chi connectivity index (χ3v) is 9.02. The molecule has 0 saturated carbocycles. The van der Waals surface area contributed by atoms with Gasteiger partial charge in [0, 0.05) is 6.42 Å². The molecule has 0 aliphatic rings. The molecule has 2 nitrogen and oxygen atoms in total. The zero-order valence-corrected chi connectivity index (χ0v) is 29.4. The van der Waals surface area contributed by atoms with Crippen molar-refractivity contribution >= 4 is 5.97 Å². The average molecular weight is 591 g/mol. The summed E-state index contributed by atoms with van der Waals surface area (Å²) >= 11 is 0. The van der Waals surface area contributed by atoms with E-state index in [1.165, 1.54) is 186 Å². The molecule has 0 aromatic heterocycles. The zero-order valence-electron chi connectivity index (χ0n) is 29.4. The maximum atomic E-state index is 12.0. The molecule has 0 bridgehead atoms. The Kier molecular flexibility index (Phi) is 35.7. The zero-order chi connectivity index (χ0) is 30.6. The Morgan fingerprint density at radius 2 is 0.905 bits per heavy atom. The van der Waals surface area contributed by atoms with Gasteiger partial charge in [0.1, 0.15) is 0 Å². The van der Waals surface area contributed by atoms with Crippen LogP contribution >= 0.6 is 0 Å². The lowest BCUT2D eigenvalue weighted by atomic mass is 9.98. The normalized spacial score (nSPS) is 12.4. The SMILES string of the molecule is CCCCCCCCC=CCC(C)CCCCCCCCCCCC(=O)OCCCCCCCCCCCCCCC. The highest BCUT2D eigenvalue weighted by Crippen LogP contribution is 2.17. The summed E-state index contributed by atoms with van der Waals surface area (Å²) in [4.78, 5) is 12.0. The molecule has 0 N–H and O–H groups in total. The van der Waals surface area contributed by atoms with Crippen molar-refractivity contribution in [2.75, 3.05) is 6.61 Å². The summed E-state index contributed by atoms with van der Waals surface area (Å²) in [5.74, 6) is 0.864. The maximum absolute atomic E-state index is 12.0. The second-order valence-electron chi connectivity index (χ2n) is 13.6. The number of carbonyl (C=O) groups is 1. The minimum Gasteiger partial charge on any atom is -0.466 e. The van der Waals surface area contributed by atoms with Crippen molar-refractivity contribution < 1.29 is 9.53 Å². The summed E-state index contributed by atoms with van der Waals surface area (Å²) in [5, 5.41) is 0. The number of carbonyl (C=O) groups excluding carboxylic acids is 1. The highest BCUT2D eigenvalue weighted by molar-refractivity contribution is 5.69. The van der Waals surface area contributed by atoms with Crippen LogP contribution in [-0.4, -0.2) is 12.6 Å². The van der Waals surface area contributed by atoms with Gasteiger partial charge in [-0.05, 0) is 38.0 Å². The van der Waals surface area contributed by atoms with E-state index in [1.807, 2.05) is 0 Å². The van der Waals surface area contributed by atoms with Gasteiger partial charge in [0.15, 0.2) is 0 Å². The minimum absolute atomic E-state index is 0.0245. The smallest absolute Gasteiger partial charge is 0.305 e. The monoisotopic (exact) mass is 591 g/mol. The van der Waals surface area contributed by atoms with E-state index in [1.54, 1.807) is 0 Å². The molecule has 0 aliphatic heterocycles. The highest BCUT2D eigenvalue weighted by Gasteiger charge is 2.03. The summed E-state index contributed by atoms with van der Waals surface area (Å²) in [7, 11) is 0. The Morgan fingerprint density at radius 1 is 0.500 bits per heavy atom. The van der Waals surface area contributed by atoms with Gasteiger partial charge in [0.2, 0.25) is 0 Å². The number of hydrogen-bond acceptors (Lipinski definition) is 2. The molecule has 0 spiro atoms. The molecule has 0 heterocycles. The Morgan fingerprint density at radius 3 is 1.40 bits per heavy atom. The van der Waals surface area contributed by atoms with E-state index in [4.69, 9.17) is 4.74 Å². The lowest BCUT2D eigenvalue weighted by molar-refractivity contribution is -0.143. The molecule has 0 rings (SSSR count).